The maximum atomic E-state index is 14.9. The van der Waals surface area contributed by atoms with E-state index in [1.54, 1.807) is 4.90 Å². The molecule has 0 radical (unpaired) electrons. The Labute approximate surface area is 187 Å². The number of amidine groups is 1. The van der Waals surface area contributed by atoms with Crippen molar-refractivity contribution < 1.29 is 23.0 Å². The van der Waals surface area contributed by atoms with Crippen molar-refractivity contribution in [3.63, 3.8) is 0 Å². The standard InChI is InChI=1S/C22H22BrF2N3O3/c1-12-3-4-28-17(7-12)26-19(18-15(24)8-13(23)9-16(18)25)20(28)14-10-22(14)11-27(5-6-31-22)21(29)30-2/h3-4,7-9,14,19-20H,5-6,10-11H2,1-2H3. The van der Waals surface area contributed by atoms with E-state index in [1.165, 1.54) is 19.2 Å². The van der Waals surface area contributed by atoms with Crippen LogP contribution in [0.1, 0.15) is 24.9 Å². The number of morpholine rings is 1. The van der Waals surface area contributed by atoms with E-state index in [0.29, 0.717) is 36.4 Å². The predicted molar refractivity (Wildman–Crippen MR) is 114 cm³/mol. The van der Waals surface area contributed by atoms with Crippen LogP contribution in [0.15, 0.2) is 45.5 Å². The topological polar surface area (TPSA) is 54.4 Å². The number of aliphatic imine (C=N–C) groups is 1. The van der Waals surface area contributed by atoms with E-state index in [9.17, 15) is 13.6 Å². The summed E-state index contributed by atoms with van der Waals surface area (Å²) in [5.74, 6) is -0.637. The van der Waals surface area contributed by atoms with E-state index in [1.807, 2.05) is 30.2 Å². The quantitative estimate of drug-likeness (QED) is 0.619. The molecule has 1 saturated carbocycles. The first-order chi connectivity index (χ1) is 14.8. The van der Waals surface area contributed by atoms with Crippen LogP contribution in [0.2, 0.25) is 0 Å². The lowest BCUT2D eigenvalue weighted by Gasteiger charge is -2.36. The van der Waals surface area contributed by atoms with Crippen molar-refractivity contribution in [2.45, 2.75) is 31.0 Å². The molecule has 31 heavy (non-hydrogen) atoms. The van der Waals surface area contributed by atoms with E-state index in [-0.39, 0.29) is 17.5 Å². The van der Waals surface area contributed by atoms with Gasteiger partial charge in [-0.15, -0.1) is 0 Å². The third-order valence-electron chi connectivity index (χ3n) is 6.51. The van der Waals surface area contributed by atoms with Crippen LogP contribution in [-0.4, -0.2) is 60.2 Å². The van der Waals surface area contributed by atoms with Crippen molar-refractivity contribution in [1.29, 1.82) is 0 Å². The second-order valence-corrected chi connectivity index (χ2v) is 9.35. The fraction of sp³-hybridized carbons (Fsp3) is 0.455. The van der Waals surface area contributed by atoms with Gasteiger partial charge in [-0.2, -0.15) is 0 Å². The number of nitrogens with zero attached hydrogens (tertiary/aromatic N) is 3. The van der Waals surface area contributed by atoms with Crippen LogP contribution in [0.3, 0.4) is 0 Å². The van der Waals surface area contributed by atoms with Crippen LogP contribution in [-0.2, 0) is 9.47 Å². The van der Waals surface area contributed by atoms with Gasteiger partial charge in [-0.1, -0.05) is 15.9 Å². The molecule has 5 rings (SSSR count). The number of ether oxygens (including phenoxy) is 2. The van der Waals surface area contributed by atoms with Crippen LogP contribution < -0.4 is 0 Å². The average molecular weight is 494 g/mol. The molecule has 6 nitrogen and oxygen atoms in total. The summed E-state index contributed by atoms with van der Waals surface area (Å²) in [4.78, 5) is 20.4. The number of methoxy groups -OCH3 is 1. The van der Waals surface area contributed by atoms with Crippen LogP contribution >= 0.6 is 15.9 Å². The van der Waals surface area contributed by atoms with E-state index < -0.39 is 29.4 Å². The van der Waals surface area contributed by atoms with Gasteiger partial charge in [0.2, 0.25) is 0 Å². The molecule has 1 aromatic carbocycles. The van der Waals surface area contributed by atoms with Crippen molar-refractivity contribution in [2.75, 3.05) is 26.8 Å². The average Bonchev–Trinajstić information content (AvgIpc) is 3.26. The van der Waals surface area contributed by atoms with Crippen molar-refractivity contribution >= 4 is 27.9 Å². The fourth-order valence-corrected chi connectivity index (χ4v) is 5.40. The molecule has 4 unspecified atom stereocenters. The lowest BCUT2D eigenvalue weighted by molar-refractivity contribution is -0.0548. The lowest BCUT2D eigenvalue weighted by atomic mass is 9.93. The number of hydrogen-bond donors (Lipinski definition) is 0. The Balaban J connectivity index is 1.51. The Morgan fingerprint density at radius 2 is 2.10 bits per heavy atom. The number of amides is 1. The first kappa shape index (κ1) is 20.6. The molecule has 1 aliphatic carbocycles. The summed E-state index contributed by atoms with van der Waals surface area (Å²) in [7, 11) is 1.36. The number of benzene rings is 1. The van der Waals surface area contributed by atoms with Gasteiger partial charge in [0.25, 0.3) is 0 Å². The molecule has 0 bridgehead atoms. The maximum Gasteiger partial charge on any atom is 0.409 e. The first-order valence-electron chi connectivity index (χ1n) is 10.2. The SMILES string of the molecule is COC(=O)N1CCOC2(CC2C2C(c3c(F)cc(Br)cc3F)N=C3C=C(C)C=CN32)C1. The van der Waals surface area contributed by atoms with Gasteiger partial charge in [-0.05, 0) is 43.2 Å². The second-order valence-electron chi connectivity index (χ2n) is 8.43. The van der Waals surface area contributed by atoms with Gasteiger partial charge in [0, 0.05) is 23.1 Å². The van der Waals surface area contributed by atoms with E-state index >= 15 is 0 Å². The summed E-state index contributed by atoms with van der Waals surface area (Å²) in [6.45, 7) is 3.20. The molecule has 1 saturated heterocycles. The smallest absolute Gasteiger partial charge is 0.409 e. The minimum Gasteiger partial charge on any atom is -0.453 e. The van der Waals surface area contributed by atoms with E-state index in [2.05, 4.69) is 15.9 Å². The molecule has 1 aromatic rings. The molecule has 4 atom stereocenters. The predicted octanol–water partition coefficient (Wildman–Crippen LogP) is 4.18. The largest absolute Gasteiger partial charge is 0.453 e. The van der Waals surface area contributed by atoms with Crippen molar-refractivity contribution in [3.8, 4) is 0 Å². The zero-order valence-electron chi connectivity index (χ0n) is 17.1. The fourth-order valence-electron chi connectivity index (χ4n) is 5.00. The van der Waals surface area contributed by atoms with Gasteiger partial charge in [-0.25, -0.2) is 13.6 Å². The summed E-state index contributed by atoms with van der Waals surface area (Å²) < 4.78 is 41.2. The summed E-state index contributed by atoms with van der Waals surface area (Å²) >= 11 is 3.15. The number of carbonyl (C=O) groups is 1. The second kappa shape index (κ2) is 7.41. The highest BCUT2D eigenvalue weighted by Crippen LogP contribution is 2.57. The number of rotatable bonds is 2. The molecule has 1 amide bonds. The Morgan fingerprint density at radius 1 is 1.35 bits per heavy atom. The van der Waals surface area contributed by atoms with E-state index in [0.717, 1.165) is 5.57 Å². The highest BCUT2D eigenvalue weighted by atomic mass is 79.9. The van der Waals surface area contributed by atoms with Gasteiger partial charge in [-0.3, -0.25) is 4.99 Å². The number of allylic oxidation sites excluding steroid dienone is 2. The van der Waals surface area contributed by atoms with Gasteiger partial charge < -0.3 is 19.3 Å². The molecule has 2 fully saturated rings. The van der Waals surface area contributed by atoms with Crippen LogP contribution in [0.25, 0.3) is 0 Å². The van der Waals surface area contributed by atoms with Crippen LogP contribution in [0, 0.1) is 17.6 Å². The number of fused-ring (bicyclic) bond motifs is 1. The molecule has 0 aromatic heterocycles. The minimum atomic E-state index is -0.726. The summed E-state index contributed by atoms with van der Waals surface area (Å²) in [6, 6.07) is 1.49. The third kappa shape index (κ3) is 3.38. The normalized spacial score (nSPS) is 31.5. The van der Waals surface area contributed by atoms with E-state index in [4.69, 9.17) is 14.5 Å². The molecular weight excluding hydrogens is 472 g/mol. The summed E-state index contributed by atoms with van der Waals surface area (Å²) in [5.41, 5.74) is 0.409. The Hall–Kier alpha value is -2.26. The molecule has 164 valence electrons. The highest BCUT2D eigenvalue weighted by molar-refractivity contribution is 9.10. The van der Waals surface area contributed by atoms with Crippen molar-refractivity contribution in [3.05, 3.63) is 57.7 Å². The molecule has 0 N–H and O–H groups in total. The molecule has 9 heteroatoms. The maximum absolute atomic E-state index is 14.9. The van der Waals surface area contributed by atoms with Gasteiger partial charge >= 0.3 is 6.09 Å². The Bertz CT molecular complexity index is 1020. The molecular formula is C22H22BrF2N3O3. The van der Waals surface area contributed by atoms with Gasteiger partial charge in [0.15, 0.2) is 0 Å². The minimum absolute atomic E-state index is 0.0442. The third-order valence-corrected chi connectivity index (χ3v) is 6.97. The zero-order chi connectivity index (χ0) is 21.9. The van der Waals surface area contributed by atoms with Gasteiger partial charge in [0.1, 0.15) is 23.5 Å². The van der Waals surface area contributed by atoms with Crippen LogP contribution in [0.5, 0.6) is 0 Å². The first-order valence-corrected chi connectivity index (χ1v) is 11.0. The number of carbonyl (C=O) groups excluding carboxylic acids is 1. The highest BCUT2D eigenvalue weighted by Gasteiger charge is 2.65. The zero-order valence-corrected chi connectivity index (χ0v) is 18.7. The molecule has 3 aliphatic heterocycles. The monoisotopic (exact) mass is 493 g/mol. The van der Waals surface area contributed by atoms with Crippen LogP contribution in [0.4, 0.5) is 13.6 Å². The molecule has 1 spiro atoms. The number of hydrogen-bond acceptors (Lipinski definition) is 5. The summed E-state index contributed by atoms with van der Waals surface area (Å²) in [6.07, 6.45) is 6.08. The Morgan fingerprint density at radius 3 is 2.81 bits per heavy atom. The summed E-state index contributed by atoms with van der Waals surface area (Å²) in [5, 5.41) is 0. The lowest BCUT2D eigenvalue weighted by Crippen LogP contribution is -2.50. The number of halogens is 3. The Kier molecular flexibility index (Phi) is 4.93. The van der Waals surface area contributed by atoms with Gasteiger partial charge in [0.05, 0.1) is 37.5 Å². The van der Waals surface area contributed by atoms with Crippen molar-refractivity contribution in [1.82, 2.24) is 9.80 Å². The molecule has 3 heterocycles. The molecule has 4 aliphatic rings. The van der Waals surface area contributed by atoms with Crippen molar-refractivity contribution in [2.24, 2.45) is 10.9 Å².